The van der Waals surface area contributed by atoms with Gasteiger partial charge in [0.25, 0.3) is 5.91 Å². The molecule has 0 aromatic carbocycles. The van der Waals surface area contributed by atoms with Crippen LogP contribution in [0.5, 0.6) is 0 Å². The summed E-state index contributed by atoms with van der Waals surface area (Å²) in [5.41, 5.74) is 0.612. The fourth-order valence-electron chi connectivity index (χ4n) is 1.83. The number of hydrogen-bond donors (Lipinski definition) is 2. The van der Waals surface area contributed by atoms with Gasteiger partial charge in [0.2, 0.25) is 0 Å². The zero-order chi connectivity index (χ0) is 16.1. The topological polar surface area (TPSA) is 79.3 Å². The number of aliphatic carboxylic acids is 1. The van der Waals surface area contributed by atoms with Crippen LogP contribution >= 0.6 is 22.7 Å². The zero-order valence-corrected chi connectivity index (χ0v) is 13.8. The fourth-order valence-corrected chi connectivity index (χ4v) is 3.60. The van der Waals surface area contributed by atoms with E-state index in [1.807, 2.05) is 17.5 Å². The molecule has 0 aliphatic carbocycles. The Morgan fingerprint density at radius 1 is 1.50 bits per heavy atom. The van der Waals surface area contributed by atoms with Gasteiger partial charge in [-0.15, -0.1) is 22.7 Å². The largest absolute Gasteiger partial charge is 0.480 e. The standard InChI is InChI=1S/C15H16N2O3S2/c1-3-4-6-10(15(19)20)17-13(18)12-9(2)16-14(22-12)11-7-5-8-21-11/h3-5,7-8,10H,6H2,1-2H3,(H,17,18)(H,19,20)/b4-3+. The van der Waals surface area contributed by atoms with Gasteiger partial charge in [-0.2, -0.15) is 0 Å². The molecule has 2 N–H and O–H groups in total. The van der Waals surface area contributed by atoms with Crippen LogP contribution in [0.4, 0.5) is 0 Å². The zero-order valence-electron chi connectivity index (χ0n) is 12.2. The molecule has 2 aromatic heterocycles. The van der Waals surface area contributed by atoms with E-state index in [0.717, 1.165) is 9.88 Å². The summed E-state index contributed by atoms with van der Waals surface area (Å²) in [7, 11) is 0. The number of rotatable bonds is 6. The van der Waals surface area contributed by atoms with Gasteiger partial charge in [-0.1, -0.05) is 18.2 Å². The van der Waals surface area contributed by atoms with Gasteiger partial charge in [0, 0.05) is 0 Å². The molecule has 0 saturated heterocycles. The van der Waals surface area contributed by atoms with Crippen LogP contribution in [0.25, 0.3) is 9.88 Å². The maximum absolute atomic E-state index is 12.3. The summed E-state index contributed by atoms with van der Waals surface area (Å²) >= 11 is 2.83. The number of nitrogens with zero attached hydrogens (tertiary/aromatic N) is 1. The smallest absolute Gasteiger partial charge is 0.326 e. The highest BCUT2D eigenvalue weighted by Gasteiger charge is 2.23. The summed E-state index contributed by atoms with van der Waals surface area (Å²) < 4.78 is 0. The number of carboxylic acids is 1. The number of carboxylic acid groups (broad SMARTS) is 1. The van der Waals surface area contributed by atoms with E-state index >= 15 is 0 Å². The van der Waals surface area contributed by atoms with Crippen molar-refractivity contribution in [2.45, 2.75) is 26.3 Å². The molecule has 2 rings (SSSR count). The van der Waals surface area contributed by atoms with Crippen LogP contribution in [0, 0.1) is 6.92 Å². The third-order valence-corrected chi connectivity index (χ3v) is 5.14. The molecular formula is C15H16N2O3S2. The number of aryl methyl sites for hydroxylation is 1. The SMILES string of the molecule is C/C=C/CC(NC(=O)c1sc(-c2cccs2)nc1C)C(=O)O. The van der Waals surface area contributed by atoms with Gasteiger partial charge in [-0.3, -0.25) is 4.79 Å². The normalized spacial score (nSPS) is 12.5. The number of carbonyl (C=O) groups excluding carboxylic acids is 1. The number of thiophene rings is 1. The van der Waals surface area contributed by atoms with Crippen molar-refractivity contribution in [3.8, 4) is 9.88 Å². The number of hydrogen-bond acceptors (Lipinski definition) is 5. The van der Waals surface area contributed by atoms with Crippen molar-refractivity contribution >= 4 is 34.6 Å². The van der Waals surface area contributed by atoms with Gasteiger partial charge in [0.05, 0.1) is 10.6 Å². The Balaban J connectivity index is 2.17. The lowest BCUT2D eigenvalue weighted by molar-refractivity contribution is -0.139. The molecule has 0 fully saturated rings. The van der Waals surface area contributed by atoms with E-state index in [-0.39, 0.29) is 6.42 Å². The molecular weight excluding hydrogens is 320 g/mol. The Labute approximate surface area is 136 Å². The first-order valence-electron chi connectivity index (χ1n) is 6.69. The third-order valence-electron chi connectivity index (χ3n) is 2.95. The number of aromatic nitrogens is 1. The quantitative estimate of drug-likeness (QED) is 0.793. The van der Waals surface area contributed by atoms with E-state index in [4.69, 9.17) is 5.11 Å². The fraction of sp³-hybridized carbons (Fsp3) is 0.267. The molecule has 7 heteroatoms. The lowest BCUT2D eigenvalue weighted by atomic mass is 10.2. The van der Waals surface area contributed by atoms with Crippen LogP contribution in [0.1, 0.15) is 28.7 Å². The van der Waals surface area contributed by atoms with Crippen molar-refractivity contribution in [2.75, 3.05) is 0 Å². The third kappa shape index (κ3) is 3.80. The number of carbonyl (C=O) groups is 2. The van der Waals surface area contributed by atoms with E-state index in [2.05, 4.69) is 10.3 Å². The van der Waals surface area contributed by atoms with E-state index in [9.17, 15) is 9.59 Å². The van der Waals surface area contributed by atoms with E-state index in [1.165, 1.54) is 11.3 Å². The van der Waals surface area contributed by atoms with Gasteiger partial charge in [-0.25, -0.2) is 9.78 Å². The maximum Gasteiger partial charge on any atom is 0.326 e. The minimum absolute atomic E-state index is 0.257. The van der Waals surface area contributed by atoms with Crippen molar-refractivity contribution in [3.05, 3.63) is 40.2 Å². The molecule has 1 amide bonds. The van der Waals surface area contributed by atoms with Crippen LogP contribution in [-0.2, 0) is 4.79 Å². The average Bonchev–Trinajstić information content (AvgIpc) is 3.11. The summed E-state index contributed by atoms with van der Waals surface area (Å²) in [6, 6.07) is 2.93. The average molecular weight is 336 g/mol. The van der Waals surface area contributed by atoms with Crippen molar-refractivity contribution in [1.82, 2.24) is 10.3 Å². The molecule has 0 aliphatic rings. The molecule has 0 radical (unpaired) electrons. The Morgan fingerprint density at radius 2 is 2.27 bits per heavy atom. The second-order valence-corrected chi connectivity index (χ2v) is 6.53. The maximum atomic E-state index is 12.3. The van der Waals surface area contributed by atoms with E-state index in [0.29, 0.717) is 10.6 Å². The molecule has 0 saturated carbocycles. The Kier molecular flexibility index (Phi) is 5.46. The summed E-state index contributed by atoms with van der Waals surface area (Å²) in [6.45, 7) is 3.56. The highest BCUT2D eigenvalue weighted by molar-refractivity contribution is 7.22. The molecule has 116 valence electrons. The van der Waals surface area contributed by atoms with Crippen LogP contribution in [0.3, 0.4) is 0 Å². The predicted octanol–water partition coefficient (Wildman–Crippen LogP) is 3.33. The number of thiazole rings is 1. The first-order chi connectivity index (χ1) is 10.5. The number of allylic oxidation sites excluding steroid dienone is 1. The van der Waals surface area contributed by atoms with Crippen molar-refractivity contribution < 1.29 is 14.7 Å². The Morgan fingerprint density at radius 3 is 2.86 bits per heavy atom. The van der Waals surface area contributed by atoms with Crippen molar-refractivity contribution in [2.24, 2.45) is 0 Å². The van der Waals surface area contributed by atoms with Crippen LogP contribution in [0.15, 0.2) is 29.7 Å². The molecule has 0 bridgehead atoms. The van der Waals surface area contributed by atoms with Crippen LogP contribution in [0.2, 0.25) is 0 Å². The van der Waals surface area contributed by atoms with Gasteiger partial charge in [0.1, 0.15) is 15.9 Å². The minimum Gasteiger partial charge on any atom is -0.480 e. The van der Waals surface area contributed by atoms with E-state index in [1.54, 1.807) is 37.3 Å². The Hall–Kier alpha value is -1.99. The first-order valence-corrected chi connectivity index (χ1v) is 8.38. The first kappa shape index (κ1) is 16.4. The van der Waals surface area contributed by atoms with Gasteiger partial charge >= 0.3 is 5.97 Å². The highest BCUT2D eigenvalue weighted by atomic mass is 32.1. The van der Waals surface area contributed by atoms with E-state index < -0.39 is 17.9 Å². The molecule has 22 heavy (non-hydrogen) atoms. The summed E-state index contributed by atoms with van der Waals surface area (Å²) in [5.74, 6) is -1.44. The second kappa shape index (κ2) is 7.33. The van der Waals surface area contributed by atoms with Gasteiger partial charge < -0.3 is 10.4 Å². The van der Waals surface area contributed by atoms with Crippen LogP contribution in [-0.4, -0.2) is 28.0 Å². The van der Waals surface area contributed by atoms with Crippen molar-refractivity contribution in [1.29, 1.82) is 0 Å². The van der Waals surface area contributed by atoms with Gasteiger partial charge in [0.15, 0.2) is 0 Å². The molecule has 0 aliphatic heterocycles. The predicted molar refractivity (Wildman–Crippen MR) is 88.5 cm³/mol. The summed E-state index contributed by atoms with van der Waals surface area (Å²) in [5, 5.41) is 14.4. The van der Waals surface area contributed by atoms with Crippen LogP contribution < -0.4 is 5.32 Å². The monoisotopic (exact) mass is 336 g/mol. The molecule has 1 unspecified atom stereocenters. The lowest BCUT2D eigenvalue weighted by Crippen LogP contribution is -2.40. The van der Waals surface area contributed by atoms with Crippen molar-refractivity contribution in [3.63, 3.8) is 0 Å². The molecule has 2 heterocycles. The summed E-state index contributed by atoms with van der Waals surface area (Å²) in [6.07, 6.45) is 3.73. The summed E-state index contributed by atoms with van der Waals surface area (Å²) in [4.78, 5) is 29.3. The highest BCUT2D eigenvalue weighted by Crippen LogP contribution is 2.31. The minimum atomic E-state index is -1.05. The molecule has 0 spiro atoms. The lowest BCUT2D eigenvalue weighted by Gasteiger charge is -2.11. The molecule has 2 aromatic rings. The number of amides is 1. The van der Waals surface area contributed by atoms with Gasteiger partial charge in [-0.05, 0) is 31.7 Å². The molecule has 1 atom stereocenters. The Bertz CT molecular complexity index is 690. The number of nitrogens with one attached hydrogen (secondary N) is 1. The second-order valence-electron chi connectivity index (χ2n) is 4.58. The molecule has 5 nitrogen and oxygen atoms in total.